The minimum absolute atomic E-state index is 0.361. The number of benzene rings is 1. The Hall–Kier alpha value is -3.55. The molecule has 0 spiro atoms. The van der Waals surface area contributed by atoms with Gasteiger partial charge in [-0.2, -0.15) is 4.52 Å². The van der Waals surface area contributed by atoms with Crippen molar-refractivity contribution < 1.29 is 9.21 Å². The lowest BCUT2D eigenvalue weighted by Crippen LogP contribution is -2.13. The molecule has 124 valence electrons. The SMILES string of the molecule is C=C(NCc1ccc2oc(C)nc2c1)c1cc(C=O)n2nncc2n1. The Bertz CT molecular complexity index is 1110. The van der Waals surface area contributed by atoms with Crippen LogP contribution in [0.15, 0.2) is 41.5 Å². The molecule has 8 heteroatoms. The number of hydrogen-bond donors (Lipinski definition) is 1. The number of rotatable bonds is 5. The fraction of sp³-hybridized carbons (Fsp3) is 0.118. The summed E-state index contributed by atoms with van der Waals surface area (Å²) >= 11 is 0. The molecule has 0 aliphatic heterocycles. The van der Waals surface area contributed by atoms with Crippen LogP contribution in [0.5, 0.6) is 0 Å². The summed E-state index contributed by atoms with van der Waals surface area (Å²) < 4.78 is 6.85. The normalized spacial score (nSPS) is 11.1. The van der Waals surface area contributed by atoms with Gasteiger partial charge < -0.3 is 9.73 Å². The van der Waals surface area contributed by atoms with Crippen LogP contribution in [0.3, 0.4) is 0 Å². The summed E-state index contributed by atoms with van der Waals surface area (Å²) in [6.45, 7) is 6.36. The summed E-state index contributed by atoms with van der Waals surface area (Å²) in [6, 6.07) is 7.43. The Morgan fingerprint density at radius 2 is 2.24 bits per heavy atom. The van der Waals surface area contributed by atoms with Crippen LogP contribution in [-0.4, -0.2) is 31.1 Å². The van der Waals surface area contributed by atoms with Crippen LogP contribution in [0.1, 0.15) is 27.6 Å². The lowest BCUT2D eigenvalue weighted by Gasteiger charge is -2.10. The van der Waals surface area contributed by atoms with Crippen LogP contribution < -0.4 is 5.32 Å². The van der Waals surface area contributed by atoms with E-state index in [4.69, 9.17) is 4.42 Å². The van der Waals surface area contributed by atoms with Gasteiger partial charge in [-0.15, -0.1) is 5.10 Å². The molecule has 0 aliphatic carbocycles. The predicted molar refractivity (Wildman–Crippen MR) is 90.8 cm³/mol. The fourth-order valence-electron chi connectivity index (χ4n) is 2.58. The first-order valence-corrected chi connectivity index (χ1v) is 7.60. The average molecular weight is 334 g/mol. The number of carbonyl (C=O) groups is 1. The van der Waals surface area contributed by atoms with Crippen molar-refractivity contribution in [2.75, 3.05) is 0 Å². The van der Waals surface area contributed by atoms with Crippen molar-refractivity contribution in [2.45, 2.75) is 13.5 Å². The number of aromatic nitrogens is 5. The maximum absolute atomic E-state index is 11.2. The van der Waals surface area contributed by atoms with Gasteiger partial charge in [0.25, 0.3) is 0 Å². The molecule has 1 N–H and O–H groups in total. The summed E-state index contributed by atoms with van der Waals surface area (Å²) in [7, 11) is 0. The monoisotopic (exact) mass is 334 g/mol. The van der Waals surface area contributed by atoms with E-state index in [1.807, 2.05) is 25.1 Å². The molecular weight excluding hydrogens is 320 g/mol. The second-order valence-corrected chi connectivity index (χ2v) is 5.56. The lowest BCUT2D eigenvalue weighted by atomic mass is 10.2. The molecule has 4 aromatic rings. The first-order valence-electron chi connectivity index (χ1n) is 7.60. The zero-order valence-corrected chi connectivity index (χ0v) is 13.4. The fourth-order valence-corrected chi connectivity index (χ4v) is 2.58. The molecule has 0 aliphatic rings. The predicted octanol–water partition coefficient (Wildman–Crippen LogP) is 2.15. The Morgan fingerprint density at radius 3 is 3.08 bits per heavy atom. The van der Waals surface area contributed by atoms with E-state index < -0.39 is 0 Å². The van der Waals surface area contributed by atoms with Gasteiger partial charge in [0.2, 0.25) is 0 Å². The molecule has 0 amide bonds. The number of carbonyl (C=O) groups excluding carboxylic acids is 1. The largest absolute Gasteiger partial charge is 0.441 e. The molecule has 8 nitrogen and oxygen atoms in total. The minimum atomic E-state index is 0.361. The van der Waals surface area contributed by atoms with Crippen LogP contribution >= 0.6 is 0 Å². The van der Waals surface area contributed by atoms with Gasteiger partial charge in [-0.05, 0) is 23.8 Å². The minimum Gasteiger partial charge on any atom is -0.441 e. The molecule has 0 radical (unpaired) electrons. The maximum Gasteiger partial charge on any atom is 0.192 e. The van der Waals surface area contributed by atoms with Crippen molar-refractivity contribution in [3.05, 3.63) is 59.9 Å². The van der Waals surface area contributed by atoms with Crippen molar-refractivity contribution in [3.63, 3.8) is 0 Å². The first-order chi connectivity index (χ1) is 12.1. The van der Waals surface area contributed by atoms with E-state index in [0.29, 0.717) is 41.5 Å². The number of fused-ring (bicyclic) bond motifs is 2. The summed E-state index contributed by atoms with van der Waals surface area (Å²) in [5.41, 5.74) is 4.62. The Kier molecular flexibility index (Phi) is 3.50. The van der Waals surface area contributed by atoms with Crippen LogP contribution in [-0.2, 0) is 6.54 Å². The van der Waals surface area contributed by atoms with E-state index in [2.05, 4.69) is 32.2 Å². The smallest absolute Gasteiger partial charge is 0.192 e. The molecular formula is C17H14N6O2. The van der Waals surface area contributed by atoms with E-state index in [1.54, 1.807) is 6.07 Å². The van der Waals surface area contributed by atoms with E-state index in [9.17, 15) is 4.79 Å². The molecule has 0 saturated carbocycles. The summed E-state index contributed by atoms with van der Waals surface area (Å²) in [5, 5.41) is 10.8. The molecule has 0 saturated heterocycles. The van der Waals surface area contributed by atoms with Crippen molar-refractivity contribution in [1.29, 1.82) is 0 Å². The van der Waals surface area contributed by atoms with Crippen LogP contribution in [0.25, 0.3) is 22.4 Å². The third kappa shape index (κ3) is 2.74. The zero-order valence-electron chi connectivity index (χ0n) is 13.4. The molecule has 3 heterocycles. The summed E-state index contributed by atoms with van der Waals surface area (Å²) in [5.74, 6) is 0.637. The van der Waals surface area contributed by atoms with Gasteiger partial charge in [0, 0.05) is 13.5 Å². The van der Waals surface area contributed by atoms with E-state index in [-0.39, 0.29) is 0 Å². The third-order valence-electron chi connectivity index (χ3n) is 3.79. The number of nitrogens with zero attached hydrogens (tertiary/aromatic N) is 5. The number of oxazole rings is 1. The van der Waals surface area contributed by atoms with E-state index >= 15 is 0 Å². The number of aryl methyl sites for hydroxylation is 1. The zero-order chi connectivity index (χ0) is 17.4. The Morgan fingerprint density at radius 1 is 1.36 bits per heavy atom. The standard InChI is InChI=1S/C17H14N6O2/c1-10(14-6-13(9-24)23-17(21-14)8-19-22-23)18-7-12-3-4-16-15(5-12)20-11(2)25-16/h3-6,8-9,18H,1,7H2,2H3. The molecule has 0 fully saturated rings. The van der Waals surface area contributed by atoms with Gasteiger partial charge in [-0.25, -0.2) is 9.97 Å². The van der Waals surface area contributed by atoms with E-state index in [0.717, 1.165) is 16.7 Å². The second kappa shape index (κ2) is 5.82. The number of hydrogen-bond acceptors (Lipinski definition) is 7. The highest BCUT2D eigenvalue weighted by molar-refractivity contribution is 5.76. The van der Waals surface area contributed by atoms with Crippen LogP contribution in [0, 0.1) is 6.92 Å². The van der Waals surface area contributed by atoms with Gasteiger partial charge >= 0.3 is 0 Å². The molecule has 25 heavy (non-hydrogen) atoms. The van der Waals surface area contributed by atoms with Gasteiger partial charge in [0.15, 0.2) is 23.4 Å². The highest BCUT2D eigenvalue weighted by Gasteiger charge is 2.09. The molecule has 0 bridgehead atoms. The number of aldehydes is 1. The average Bonchev–Trinajstić information content (AvgIpc) is 3.23. The Balaban J connectivity index is 1.55. The van der Waals surface area contributed by atoms with Crippen molar-refractivity contribution in [2.24, 2.45) is 0 Å². The topological polar surface area (TPSA) is 98.2 Å². The number of nitrogens with one attached hydrogen (secondary N) is 1. The van der Waals surface area contributed by atoms with Crippen LogP contribution in [0.4, 0.5) is 0 Å². The van der Waals surface area contributed by atoms with E-state index in [1.165, 1.54) is 10.7 Å². The van der Waals surface area contributed by atoms with Crippen molar-refractivity contribution in [1.82, 2.24) is 30.1 Å². The Labute approximate surface area is 142 Å². The maximum atomic E-state index is 11.2. The molecule has 3 aromatic heterocycles. The molecule has 0 atom stereocenters. The third-order valence-corrected chi connectivity index (χ3v) is 3.79. The summed E-state index contributed by atoms with van der Waals surface area (Å²) in [6.07, 6.45) is 2.20. The van der Waals surface area contributed by atoms with Gasteiger partial charge in [-0.3, -0.25) is 4.79 Å². The van der Waals surface area contributed by atoms with Gasteiger partial charge in [0.05, 0.1) is 17.6 Å². The van der Waals surface area contributed by atoms with Gasteiger partial charge in [0.1, 0.15) is 11.2 Å². The highest BCUT2D eigenvalue weighted by atomic mass is 16.3. The molecule has 0 unspecified atom stereocenters. The van der Waals surface area contributed by atoms with Crippen molar-refractivity contribution >= 4 is 28.7 Å². The van der Waals surface area contributed by atoms with Gasteiger partial charge in [-0.1, -0.05) is 17.9 Å². The molecule has 4 rings (SSSR count). The summed E-state index contributed by atoms with van der Waals surface area (Å²) in [4.78, 5) is 19.9. The van der Waals surface area contributed by atoms with Crippen LogP contribution in [0.2, 0.25) is 0 Å². The quantitative estimate of drug-likeness (QED) is 0.558. The lowest BCUT2D eigenvalue weighted by molar-refractivity contribution is 0.111. The first kappa shape index (κ1) is 15.0. The second-order valence-electron chi connectivity index (χ2n) is 5.56. The highest BCUT2D eigenvalue weighted by Crippen LogP contribution is 2.17. The molecule has 1 aromatic carbocycles. The van der Waals surface area contributed by atoms with Crippen molar-refractivity contribution in [3.8, 4) is 0 Å².